The van der Waals surface area contributed by atoms with E-state index < -0.39 is 0 Å². The van der Waals surface area contributed by atoms with Crippen molar-refractivity contribution in [3.8, 4) is 0 Å². The minimum Gasteiger partial charge on any atom is -0.341 e. The number of benzene rings is 1. The molecule has 1 aliphatic carbocycles. The average Bonchev–Trinajstić information content (AvgIpc) is 3.00. The summed E-state index contributed by atoms with van der Waals surface area (Å²) < 4.78 is 0. The first-order valence-corrected chi connectivity index (χ1v) is 7.99. The van der Waals surface area contributed by atoms with Gasteiger partial charge in [-0.05, 0) is 49.4 Å². The quantitative estimate of drug-likeness (QED) is 0.891. The molecule has 5 nitrogen and oxygen atoms in total. The van der Waals surface area contributed by atoms with Crippen LogP contribution in [0.4, 0.5) is 5.69 Å². The van der Waals surface area contributed by atoms with Crippen molar-refractivity contribution in [1.29, 1.82) is 0 Å². The zero-order valence-corrected chi connectivity index (χ0v) is 13.0. The third-order valence-electron chi connectivity index (χ3n) is 4.97. The van der Waals surface area contributed by atoms with Crippen molar-refractivity contribution < 1.29 is 9.59 Å². The molecule has 1 aromatic carbocycles. The van der Waals surface area contributed by atoms with Gasteiger partial charge >= 0.3 is 0 Å². The van der Waals surface area contributed by atoms with Crippen LogP contribution >= 0.6 is 0 Å². The van der Waals surface area contributed by atoms with Gasteiger partial charge in [-0.3, -0.25) is 9.59 Å². The van der Waals surface area contributed by atoms with E-state index in [1.807, 2.05) is 12.1 Å². The maximum absolute atomic E-state index is 12.4. The fourth-order valence-electron chi connectivity index (χ4n) is 3.57. The molecule has 1 saturated carbocycles. The Balaban J connectivity index is 1.76. The molecule has 2 atom stereocenters. The molecule has 2 aliphatic rings. The summed E-state index contributed by atoms with van der Waals surface area (Å²) in [5.74, 6) is 0.340. The Kier molecular flexibility index (Phi) is 4.16. The standard InChI is InChI=1S/C17H23N3O2/c1-20-8-7-11-5-6-13(9-15(11)17(20)22)19-16(21)14-4-2-3-12(14)10-18/h5-6,9,12,14H,2-4,7-8,10,18H2,1H3,(H,19,21)/t12-,14-/m1/s1. The summed E-state index contributed by atoms with van der Waals surface area (Å²) >= 11 is 0. The van der Waals surface area contributed by atoms with Crippen molar-refractivity contribution in [2.75, 3.05) is 25.5 Å². The Hall–Kier alpha value is -1.88. The van der Waals surface area contributed by atoms with Crippen LogP contribution in [0.2, 0.25) is 0 Å². The smallest absolute Gasteiger partial charge is 0.253 e. The van der Waals surface area contributed by atoms with Gasteiger partial charge in [-0.1, -0.05) is 12.5 Å². The number of nitrogens with two attached hydrogens (primary N) is 1. The molecule has 0 radical (unpaired) electrons. The third kappa shape index (κ3) is 2.73. The number of amides is 2. The molecule has 22 heavy (non-hydrogen) atoms. The number of fused-ring (bicyclic) bond motifs is 1. The van der Waals surface area contributed by atoms with Crippen LogP contribution in [-0.2, 0) is 11.2 Å². The molecule has 0 bridgehead atoms. The summed E-state index contributed by atoms with van der Waals surface area (Å²) in [6.45, 7) is 1.31. The molecule has 0 aromatic heterocycles. The topological polar surface area (TPSA) is 75.4 Å². The second kappa shape index (κ2) is 6.08. The van der Waals surface area contributed by atoms with E-state index in [1.54, 1.807) is 18.0 Å². The van der Waals surface area contributed by atoms with E-state index in [0.717, 1.165) is 37.8 Å². The van der Waals surface area contributed by atoms with Gasteiger partial charge in [-0.2, -0.15) is 0 Å². The molecule has 118 valence electrons. The lowest BCUT2D eigenvalue weighted by Gasteiger charge is -2.25. The van der Waals surface area contributed by atoms with E-state index in [2.05, 4.69) is 5.32 Å². The van der Waals surface area contributed by atoms with E-state index in [0.29, 0.717) is 17.8 Å². The van der Waals surface area contributed by atoms with E-state index in [9.17, 15) is 9.59 Å². The van der Waals surface area contributed by atoms with Crippen LogP contribution in [0.3, 0.4) is 0 Å². The van der Waals surface area contributed by atoms with Crippen molar-refractivity contribution in [2.45, 2.75) is 25.7 Å². The Morgan fingerprint density at radius 1 is 1.41 bits per heavy atom. The second-order valence-corrected chi connectivity index (χ2v) is 6.37. The normalized spacial score (nSPS) is 24.3. The number of anilines is 1. The predicted molar refractivity (Wildman–Crippen MR) is 85.6 cm³/mol. The first kappa shape index (κ1) is 15.0. The van der Waals surface area contributed by atoms with Gasteiger partial charge in [-0.15, -0.1) is 0 Å². The number of nitrogens with zero attached hydrogens (tertiary/aromatic N) is 1. The van der Waals surface area contributed by atoms with Gasteiger partial charge in [0, 0.05) is 30.8 Å². The highest BCUT2D eigenvalue weighted by molar-refractivity contribution is 5.99. The fourth-order valence-corrected chi connectivity index (χ4v) is 3.57. The van der Waals surface area contributed by atoms with E-state index >= 15 is 0 Å². The Morgan fingerprint density at radius 3 is 3.00 bits per heavy atom. The van der Waals surface area contributed by atoms with Crippen molar-refractivity contribution in [1.82, 2.24) is 4.90 Å². The number of rotatable bonds is 3. The maximum atomic E-state index is 12.4. The van der Waals surface area contributed by atoms with Crippen molar-refractivity contribution >= 4 is 17.5 Å². The summed E-state index contributed by atoms with van der Waals surface area (Å²) in [5, 5.41) is 2.97. The lowest BCUT2D eigenvalue weighted by atomic mass is 9.95. The number of hydrogen-bond acceptors (Lipinski definition) is 3. The SMILES string of the molecule is CN1CCc2ccc(NC(=O)[C@@H]3CCC[C@@H]3CN)cc2C1=O. The summed E-state index contributed by atoms with van der Waals surface area (Å²) in [5.41, 5.74) is 8.21. The first-order valence-electron chi connectivity index (χ1n) is 7.99. The summed E-state index contributed by atoms with van der Waals surface area (Å²) in [4.78, 5) is 26.4. The Bertz CT molecular complexity index is 600. The van der Waals surface area contributed by atoms with Crippen LogP contribution < -0.4 is 11.1 Å². The molecule has 1 aromatic rings. The molecular weight excluding hydrogens is 278 g/mol. The molecule has 0 unspecified atom stereocenters. The highest BCUT2D eigenvalue weighted by Gasteiger charge is 2.32. The fraction of sp³-hybridized carbons (Fsp3) is 0.529. The van der Waals surface area contributed by atoms with E-state index in [4.69, 9.17) is 5.73 Å². The minimum absolute atomic E-state index is 0.000549. The van der Waals surface area contributed by atoms with Crippen molar-refractivity contribution in [3.05, 3.63) is 29.3 Å². The minimum atomic E-state index is -0.000549. The highest BCUT2D eigenvalue weighted by atomic mass is 16.2. The molecular formula is C17H23N3O2. The van der Waals surface area contributed by atoms with E-state index in [1.165, 1.54) is 0 Å². The molecule has 1 heterocycles. The molecule has 2 amide bonds. The van der Waals surface area contributed by atoms with Gasteiger partial charge in [0.25, 0.3) is 5.91 Å². The van der Waals surface area contributed by atoms with Crippen molar-refractivity contribution in [3.63, 3.8) is 0 Å². The molecule has 1 fully saturated rings. The average molecular weight is 301 g/mol. The lowest BCUT2D eigenvalue weighted by molar-refractivity contribution is -0.120. The largest absolute Gasteiger partial charge is 0.341 e. The molecule has 1 aliphatic heterocycles. The van der Waals surface area contributed by atoms with Gasteiger partial charge in [0.05, 0.1) is 0 Å². The molecule has 0 spiro atoms. The van der Waals surface area contributed by atoms with Gasteiger partial charge in [0.2, 0.25) is 5.91 Å². The van der Waals surface area contributed by atoms with Crippen LogP contribution in [0, 0.1) is 11.8 Å². The third-order valence-corrected chi connectivity index (χ3v) is 4.97. The molecule has 0 saturated heterocycles. The predicted octanol–water partition coefficient (Wildman–Crippen LogP) is 1.63. The maximum Gasteiger partial charge on any atom is 0.253 e. The summed E-state index contributed by atoms with van der Waals surface area (Å²) in [7, 11) is 1.81. The van der Waals surface area contributed by atoms with Crippen LogP contribution in [0.1, 0.15) is 35.2 Å². The summed E-state index contributed by atoms with van der Waals surface area (Å²) in [6, 6.07) is 5.64. The van der Waals surface area contributed by atoms with Crippen molar-refractivity contribution in [2.24, 2.45) is 17.6 Å². The zero-order valence-electron chi connectivity index (χ0n) is 13.0. The van der Waals surface area contributed by atoms with Crippen LogP contribution in [-0.4, -0.2) is 36.9 Å². The number of nitrogens with one attached hydrogen (secondary N) is 1. The molecule has 5 heteroatoms. The highest BCUT2D eigenvalue weighted by Crippen LogP contribution is 2.32. The van der Waals surface area contributed by atoms with E-state index in [-0.39, 0.29) is 23.7 Å². The van der Waals surface area contributed by atoms with Crippen LogP contribution in [0.25, 0.3) is 0 Å². The number of carbonyl (C=O) groups is 2. The molecule has 3 rings (SSSR count). The zero-order chi connectivity index (χ0) is 15.7. The van der Waals surface area contributed by atoms with Gasteiger partial charge in [0.15, 0.2) is 0 Å². The lowest BCUT2D eigenvalue weighted by Crippen LogP contribution is -2.34. The van der Waals surface area contributed by atoms with Gasteiger partial charge in [0.1, 0.15) is 0 Å². The molecule has 3 N–H and O–H groups in total. The Morgan fingerprint density at radius 2 is 2.23 bits per heavy atom. The van der Waals surface area contributed by atoms with Gasteiger partial charge < -0.3 is 16.0 Å². The van der Waals surface area contributed by atoms with Gasteiger partial charge in [-0.25, -0.2) is 0 Å². The monoisotopic (exact) mass is 301 g/mol. The second-order valence-electron chi connectivity index (χ2n) is 6.37. The van der Waals surface area contributed by atoms with Crippen LogP contribution in [0.15, 0.2) is 18.2 Å². The summed E-state index contributed by atoms with van der Waals surface area (Å²) in [6.07, 6.45) is 3.86. The first-order chi connectivity index (χ1) is 10.6. The number of likely N-dealkylation sites (N-methyl/N-ethyl adjacent to an activating group) is 1. The number of hydrogen-bond donors (Lipinski definition) is 2. The Labute approximate surface area is 130 Å². The number of carbonyl (C=O) groups excluding carboxylic acids is 2. The van der Waals surface area contributed by atoms with Crippen LogP contribution in [0.5, 0.6) is 0 Å².